The molecule has 1 aliphatic rings. The summed E-state index contributed by atoms with van der Waals surface area (Å²) < 4.78 is 27.9. The Kier molecular flexibility index (Phi) is 7.00. The summed E-state index contributed by atoms with van der Waals surface area (Å²) in [6, 6.07) is 11.9. The zero-order valence-corrected chi connectivity index (χ0v) is 19.0. The van der Waals surface area contributed by atoms with Gasteiger partial charge in [-0.05, 0) is 61.9 Å². The standard InChI is InChI=1S/C23H29N3O4S/c1-16(2)12-13-24-22(27)23(28)25-19-9-8-18-5-4-14-26(21(18)15-19)31(29,30)20-10-6-17(3)7-11-20/h6-11,15-16H,4-5,12-14H2,1-3H3,(H,24,27)(H,25,28). The van der Waals surface area contributed by atoms with Crippen molar-refractivity contribution in [2.24, 2.45) is 5.92 Å². The first-order valence-corrected chi connectivity index (χ1v) is 11.9. The smallest absolute Gasteiger partial charge is 0.313 e. The first kappa shape index (κ1) is 22.8. The monoisotopic (exact) mass is 443 g/mol. The molecule has 0 saturated carbocycles. The molecule has 0 unspecified atom stereocenters. The van der Waals surface area contributed by atoms with Gasteiger partial charge in [-0.25, -0.2) is 8.42 Å². The SMILES string of the molecule is Cc1ccc(S(=O)(=O)N2CCCc3ccc(NC(=O)C(=O)NCCC(C)C)cc32)cc1. The van der Waals surface area contributed by atoms with Crippen LogP contribution in [0.25, 0.3) is 0 Å². The summed E-state index contributed by atoms with van der Waals surface area (Å²) >= 11 is 0. The van der Waals surface area contributed by atoms with Crippen molar-refractivity contribution in [2.45, 2.75) is 44.9 Å². The van der Waals surface area contributed by atoms with Gasteiger partial charge in [0.25, 0.3) is 10.0 Å². The summed E-state index contributed by atoms with van der Waals surface area (Å²) in [5, 5.41) is 5.17. The van der Waals surface area contributed by atoms with Crippen molar-refractivity contribution >= 4 is 33.2 Å². The molecule has 0 saturated heterocycles. The second-order valence-electron chi connectivity index (χ2n) is 8.23. The second-order valence-corrected chi connectivity index (χ2v) is 10.1. The van der Waals surface area contributed by atoms with E-state index in [0.29, 0.717) is 36.8 Å². The normalized spacial score (nSPS) is 13.6. The highest BCUT2D eigenvalue weighted by atomic mass is 32.2. The van der Waals surface area contributed by atoms with Crippen LogP contribution in [-0.4, -0.2) is 33.3 Å². The van der Waals surface area contributed by atoms with Crippen molar-refractivity contribution in [1.29, 1.82) is 0 Å². The number of hydrogen-bond donors (Lipinski definition) is 2. The summed E-state index contributed by atoms with van der Waals surface area (Å²) in [6.45, 7) is 6.76. The lowest BCUT2D eigenvalue weighted by atomic mass is 10.0. The Morgan fingerprint density at radius 2 is 1.77 bits per heavy atom. The highest BCUT2D eigenvalue weighted by Gasteiger charge is 2.29. The Hall–Kier alpha value is -2.87. The van der Waals surface area contributed by atoms with Crippen LogP contribution < -0.4 is 14.9 Å². The Labute approximate surface area is 183 Å². The van der Waals surface area contributed by atoms with E-state index in [1.807, 2.05) is 20.8 Å². The quantitative estimate of drug-likeness (QED) is 0.670. The predicted molar refractivity (Wildman–Crippen MR) is 122 cm³/mol. The molecule has 2 amide bonds. The third-order valence-corrected chi connectivity index (χ3v) is 7.07. The molecule has 7 nitrogen and oxygen atoms in total. The van der Waals surface area contributed by atoms with E-state index < -0.39 is 21.8 Å². The Morgan fingerprint density at radius 3 is 2.45 bits per heavy atom. The summed E-state index contributed by atoms with van der Waals surface area (Å²) in [6.07, 6.45) is 2.24. The number of fused-ring (bicyclic) bond motifs is 1. The predicted octanol–water partition coefficient (Wildman–Crippen LogP) is 3.24. The molecule has 1 aliphatic heterocycles. The highest BCUT2D eigenvalue weighted by molar-refractivity contribution is 7.92. The Morgan fingerprint density at radius 1 is 1.06 bits per heavy atom. The van der Waals surface area contributed by atoms with Gasteiger partial charge in [0, 0.05) is 18.8 Å². The van der Waals surface area contributed by atoms with Crippen molar-refractivity contribution in [3.63, 3.8) is 0 Å². The third kappa shape index (κ3) is 5.44. The summed E-state index contributed by atoms with van der Waals surface area (Å²) in [4.78, 5) is 24.5. The Bertz CT molecular complexity index is 1060. The van der Waals surface area contributed by atoms with Crippen LogP contribution in [0.1, 0.15) is 37.8 Å². The number of amides is 2. The largest absolute Gasteiger partial charge is 0.348 e. The number of carbonyl (C=O) groups excluding carboxylic acids is 2. The van der Waals surface area contributed by atoms with E-state index in [1.54, 1.807) is 42.5 Å². The van der Waals surface area contributed by atoms with E-state index in [2.05, 4.69) is 10.6 Å². The fraction of sp³-hybridized carbons (Fsp3) is 0.391. The minimum Gasteiger partial charge on any atom is -0.348 e. The van der Waals surface area contributed by atoms with Crippen LogP contribution in [0.5, 0.6) is 0 Å². The van der Waals surface area contributed by atoms with Crippen LogP contribution in [-0.2, 0) is 26.0 Å². The van der Waals surface area contributed by atoms with Crippen molar-refractivity contribution in [3.8, 4) is 0 Å². The molecule has 0 fully saturated rings. The van der Waals surface area contributed by atoms with Gasteiger partial charge in [0.1, 0.15) is 0 Å². The molecular formula is C23H29N3O4S. The summed E-state index contributed by atoms with van der Waals surface area (Å²) in [7, 11) is -3.73. The van der Waals surface area contributed by atoms with Gasteiger partial charge >= 0.3 is 11.8 Å². The van der Waals surface area contributed by atoms with Crippen LogP contribution >= 0.6 is 0 Å². The number of aryl methyl sites for hydroxylation is 2. The van der Waals surface area contributed by atoms with E-state index in [9.17, 15) is 18.0 Å². The number of anilines is 2. The van der Waals surface area contributed by atoms with E-state index in [0.717, 1.165) is 24.0 Å². The second kappa shape index (κ2) is 9.51. The molecule has 0 aliphatic carbocycles. The zero-order chi connectivity index (χ0) is 22.6. The molecule has 166 valence electrons. The van der Waals surface area contributed by atoms with Crippen molar-refractivity contribution < 1.29 is 18.0 Å². The molecule has 0 bridgehead atoms. The number of nitrogens with one attached hydrogen (secondary N) is 2. The van der Waals surface area contributed by atoms with Crippen molar-refractivity contribution in [3.05, 3.63) is 53.6 Å². The van der Waals surface area contributed by atoms with Gasteiger partial charge in [0.15, 0.2) is 0 Å². The molecule has 2 N–H and O–H groups in total. The van der Waals surface area contributed by atoms with E-state index in [4.69, 9.17) is 0 Å². The summed E-state index contributed by atoms with van der Waals surface area (Å²) in [5.74, 6) is -1.06. The van der Waals surface area contributed by atoms with Gasteiger partial charge in [0.05, 0.1) is 10.6 Å². The lowest BCUT2D eigenvalue weighted by Gasteiger charge is -2.31. The number of hydrogen-bond acceptors (Lipinski definition) is 4. The number of rotatable bonds is 6. The molecule has 0 aromatic heterocycles. The zero-order valence-electron chi connectivity index (χ0n) is 18.1. The third-order valence-electron chi connectivity index (χ3n) is 5.24. The number of carbonyl (C=O) groups is 2. The molecular weight excluding hydrogens is 414 g/mol. The van der Waals surface area contributed by atoms with Crippen LogP contribution in [0.3, 0.4) is 0 Å². The molecule has 1 heterocycles. The average Bonchev–Trinajstić information content (AvgIpc) is 2.73. The maximum absolute atomic E-state index is 13.3. The maximum atomic E-state index is 13.3. The van der Waals surface area contributed by atoms with Crippen molar-refractivity contribution in [2.75, 3.05) is 22.7 Å². The fourth-order valence-electron chi connectivity index (χ4n) is 3.45. The average molecular weight is 444 g/mol. The minimum atomic E-state index is -3.73. The van der Waals surface area contributed by atoms with Crippen LogP contribution in [0, 0.1) is 12.8 Å². The number of benzene rings is 2. The molecule has 0 radical (unpaired) electrons. The molecule has 2 aromatic rings. The molecule has 0 atom stereocenters. The lowest BCUT2D eigenvalue weighted by molar-refractivity contribution is -0.136. The number of sulfonamides is 1. The Balaban J connectivity index is 1.80. The van der Waals surface area contributed by atoms with E-state index >= 15 is 0 Å². The van der Waals surface area contributed by atoms with E-state index in [-0.39, 0.29) is 4.90 Å². The fourth-order valence-corrected chi connectivity index (χ4v) is 4.98. The van der Waals surface area contributed by atoms with Crippen molar-refractivity contribution in [1.82, 2.24) is 5.32 Å². The van der Waals surface area contributed by atoms with Gasteiger partial charge in [-0.15, -0.1) is 0 Å². The van der Waals surface area contributed by atoms with Crippen LogP contribution in [0.2, 0.25) is 0 Å². The molecule has 0 spiro atoms. The minimum absolute atomic E-state index is 0.227. The van der Waals surface area contributed by atoms with E-state index in [1.165, 1.54) is 4.31 Å². The van der Waals surface area contributed by atoms with Crippen LogP contribution in [0.4, 0.5) is 11.4 Å². The van der Waals surface area contributed by atoms with Gasteiger partial charge < -0.3 is 10.6 Å². The molecule has 8 heteroatoms. The number of nitrogens with zero attached hydrogens (tertiary/aromatic N) is 1. The summed E-state index contributed by atoms with van der Waals surface area (Å²) in [5.41, 5.74) is 2.79. The van der Waals surface area contributed by atoms with Crippen LogP contribution in [0.15, 0.2) is 47.4 Å². The lowest BCUT2D eigenvalue weighted by Crippen LogP contribution is -2.37. The highest BCUT2D eigenvalue weighted by Crippen LogP contribution is 2.34. The topological polar surface area (TPSA) is 95.6 Å². The molecule has 2 aromatic carbocycles. The van der Waals surface area contributed by atoms with Gasteiger partial charge in [0.2, 0.25) is 0 Å². The molecule has 3 rings (SSSR count). The van der Waals surface area contributed by atoms with Gasteiger partial charge in [-0.3, -0.25) is 13.9 Å². The molecule has 31 heavy (non-hydrogen) atoms. The first-order chi connectivity index (χ1) is 14.7. The van der Waals surface area contributed by atoms with Gasteiger partial charge in [-0.1, -0.05) is 37.6 Å². The van der Waals surface area contributed by atoms with Gasteiger partial charge in [-0.2, -0.15) is 0 Å². The first-order valence-electron chi connectivity index (χ1n) is 10.5. The maximum Gasteiger partial charge on any atom is 0.313 e.